The van der Waals surface area contributed by atoms with Gasteiger partial charge in [-0.3, -0.25) is 0 Å². The van der Waals surface area contributed by atoms with E-state index >= 15 is 0 Å². The van der Waals surface area contributed by atoms with Crippen LogP contribution in [0.2, 0.25) is 0 Å². The number of rotatable bonds is 0. The molecule has 1 heterocycles. The number of hydrogen-bond acceptors (Lipinski definition) is 2. The first-order valence-electron chi connectivity index (χ1n) is 3.19. The van der Waals surface area contributed by atoms with Crippen LogP contribution < -0.4 is 0 Å². The molecule has 0 aromatic carbocycles. The van der Waals surface area contributed by atoms with Gasteiger partial charge in [0.2, 0.25) is 0 Å². The quantitative estimate of drug-likeness (QED) is 0.451. The van der Waals surface area contributed by atoms with Crippen molar-refractivity contribution in [1.29, 1.82) is 0 Å². The summed E-state index contributed by atoms with van der Waals surface area (Å²) in [5, 5.41) is 0. The minimum atomic E-state index is 0.201. The van der Waals surface area contributed by atoms with Crippen LogP contribution >= 0.6 is 0 Å². The van der Waals surface area contributed by atoms with Crippen molar-refractivity contribution in [1.82, 2.24) is 0 Å². The molecule has 1 radical (unpaired) electrons. The highest BCUT2D eigenvalue weighted by Crippen LogP contribution is 2.24. The largest absolute Gasteiger partial charge is 0.488 e. The maximum absolute atomic E-state index is 5.17. The van der Waals surface area contributed by atoms with Crippen LogP contribution in [-0.4, -0.2) is 20.4 Å². The summed E-state index contributed by atoms with van der Waals surface area (Å²) in [6.45, 7) is 7.12. The van der Waals surface area contributed by atoms with Gasteiger partial charge in [-0.05, 0) is 5.41 Å². The Balaban J connectivity index is 2.42. The molecule has 0 aromatic heterocycles. The van der Waals surface area contributed by atoms with Crippen LogP contribution in [0.25, 0.3) is 0 Å². The molecule has 1 saturated heterocycles. The van der Waals surface area contributed by atoms with E-state index in [1.54, 1.807) is 0 Å². The zero-order valence-corrected chi connectivity index (χ0v) is 6.18. The Bertz CT molecular complexity index is 91.7. The third kappa shape index (κ3) is 1.70. The van der Waals surface area contributed by atoms with Gasteiger partial charge in [-0.1, -0.05) is 20.8 Å². The maximum Gasteiger partial charge on any atom is 0.488 e. The van der Waals surface area contributed by atoms with Crippen molar-refractivity contribution >= 4 is 7.69 Å². The second-order valence-corrected chi connectivity index (χ2v) is 3.42. The van der Waals surface area contributed by atoms with Gasteiger partial charge in [0.25, 0.3) is 0 Å². The first-order valence-corrected chi connectivity index (χ1v) is 3.19. The van der Waals surface area contributed by atoms with Gasteiger partial charge in [0.05, 0.1) is 12.7 Å². The predicted molar refractivity (Wildman–Crippen MR) is 36.0 cm³/mol. The van der Waals surface area contributed by atoms with Crippen molar-refractivity contribution < 1.29 is 9.31 Å². The average Bonchev–Trinajstić information content (AvgIpc) is 2.08. The van der Waals surface area contributed by atoms with Crippen molar-refractivity contribution in [3.8, 4) is 0 Å². The third-order valence-corrected chi connectivity index (χ3v) is 1.50. The van der Waals surface area contributed by atoms with Crippen LogP contribution in [-0.2, 0) is 9.31 Å². The first-order chi connectivity index (χ1) is 4.11. The second kappa shape index (κ2) is 2.31. The molecule has 1 aliphatic rings. The normalized spacial score (nSPS) is 28.1. The third-order valence-electron chi connectivity index (χ3n) is 1.50. The molecule has 1 rings (SSSR count). The van der Waals surface area contributed by atoms with E-state index in [0.717, 1.165) is 0 Å². The lowest BCUT2D eigenvalue weighted by Gasteiger charge is -2.24. The van der Waals surface area contributed by atoms with E-state index in [1.165, 1.54) is 7.69 Å². The Hall–Kier alpha value is -0.0151. The lowest BCUT2D eigenvalue weighted by Crippen LogP contribution is -2.27. The van der Waals surface area contributed by atoms with Gasteiger partial charge >= 0.3 is 7.69 Å². The fourth-order valence-electron chi connectivity index (χ4n) is 0.726. The Morgan fingerprint density at radius 1 is 1.44 bits per heavy atom. The lowest BCUT2D eigenvalue weighted by atomic mass is 9.90. The average molecular weight is 127 g/mol. The van der Waals surface area contributed by atoms with Crippen LogP contribution in [0.3, 0.4) is 0 Å². The summed E-state index contributed by atoms with van der Waals surface area (Å²) in [7, 11) is 1.43. The van der Waals surface area contributed by atoms with Crippen LogP contribution in [0, 0.1) is 5.41 Å². The Kier molecular flexibility index (Phi) is 1.82. The standard InChI is InChI=1S/C6H12BO2/c1-6(2,3)5-4-8-7-9-5/h5H,4H2,1-3H3. The van der Waals surface area contributed by atoms with Crippen LogP contribution in [0.15, 0.2) is 0 Å². The fraction of sp³-hybridized carbons (Fsp3) is 1.00. The summed E-state index contributed by atoms with van der Waals surface area (Å²) >= 11 is 0. The van der Waals surface area contributed by atoms with Gasteiger partial charge in [-0.15, -0.1) is 0 Å². The molecule has 1 atom stereocenters. The van der Waals surface area contributed by atoms with E-state index in [0.29, 0.717) is 6.61 Å². The Morgan fingerprint density at radius 2 is 2.11 bits per heavy atom. The molecule has 0 N–H and O–H groups in total. The summed E-state index contributed by atoms with van der Waals surface area (Å²) < 4.78 is 10.1. The lowest BCUT2D eigenvalue weighted by molar-refractivity contribution is 0.108. The molecule has 0 bridgehead atoms. The molecule has 0 saturated carbocycles. The fourth-order valence-corrected chi connectivity index (χ4v) is 0.726. The smallest absolute Gasteiger partial charge is 0.411 e. The van der Waals surface area contributed by atoms with E-state index in [9.17, 15) is 0 Å². The number of hydrogen-bond donors (Lipinski definition) is 0. The van der Waals surface area contributed by atoms with Gasteiger partial charge < -0.3 is 9.31 Å². The van der Waals surface area contributed by atoms with E-state index in [1.807, 2.05) is 0 Å². The van der Waals surface area contributed by atoms with Crippen molar-refractivity contribution in [2.75, 3.05) is 6.61 Å². The molecular weight excluding hydrogens is 115 g/mol. The molecule has 1 fully saturated rings. The summed E-state index contributed by atoms with van der Waals surface area (Å²) in [6, 6.07) is 0. The van der Waals surface area contributed by atoms with Crippen LogP contribution in [0.5, 0.6) is 0 Å². The van der Waals surface area contributed by atoms with Gasteiger partial charge in [-0.2, -0.15) is 0 Å². The van der Waals surface area contributed by atoms with E-state index in [2.05, 4.69) is 20.8 Å². The highest BCUT2D eigenvalue weighted by atomic mass is 16.6. The van der Waals surface area contributed by atoms with E-state index in [-0.39, 0.29) is 11.5 Å². The van der Waals surface area contributed by atoms with Crippen molar-refractivity contribution in [2.24, 2.45) is 5.41 Å². The van der Waals surface area contributed by atoms with Gasteiger partial charge in [-0.25, -0.2) is 0 Å². The van der Waals surface area contributed by atoms with Crippen molar-refractivity contribution in [3.63, 3.8) is 0 Å². The van der Waals surface area contributed by atoms with Crippen molar-refractivity contribution in [3.05, 3.63) is 0 Å². The SMILES string of the molecule is CC(C)(C)C1CO[B]O1. The minimum absolute atomic E-state index is 0.201. The monoisotopic (exact) mass is 127 g/mol. The molecule has 0 amide bonds. The van der Waals surface area contributed by atoms with Gasteiger partial charge in [0, 0.05) is 0 Å². The summed E-state index contributed by atoms with van der Waals surface area (Å²) in [4.78, 5) is 0. The summed E-state index contributed by atoms with van der Waals surface area (Å²) in [6.07, 6.45) is 0.234. The molecule has 9 heavy (non-hydrogen) atoms. The van der Waals surface area contributed by atoms with Crippen LogP contribution in [0.4, 0.5) is 0 Å². The summed E-state index contributed by atoms with van der Waals surface area (Å²) in [5.41, 5.74) is 0.201. The second-order valence-electron chi connectivity index (χ2n) is 3.42. The van der Waals surface area contributed by atoms with E-state index in [4.69, 9.17) is 9.31 Å². The maximum atomic E-state index is 5.17. The topological polar surface area (TPSA) is 18.5 Å². The van der Waals surface area contributed by atoms with Crippen LogP contribution in [0.1, 0.15) is 20.8 Å². The highest BCUT2D eigenvalue weighted by Gasteiger charge is 2.29. The Labute approximate surface area is 56.8 Å². The minimum Gasteiger partial charge on any atom is -0.411 e. The molecule has 1 aliphatic heterocycles. The molecular formula is C6H12BO2. The van der Waals surface area contributed by atoms with Gasteiger partial charge in [0.1, 0.15) is 0 Å². The predicted octanol–water partition coefficient (Wildman–Crippen LogP) is 0.982. The molecule has 51 valence electrons. The zero-order valence-electron chi connectivity index (χ0n) is 6.18. The molecule has 0 aliphatic carbocycles. The van der Waals surface area contributed by atoms with Crippen molar-refractivity contribution in [2.45, 2.75) is 26.9 Å². The Morgan fingerprint density at radius 3 is 2.33 bits per heavy atom. The zero-order chi connectivity index (χ0) is 6.91. The summed E-state index contributed by atoms with van der Waals surface area (Å²) in [5.74, 6) is 0. The molecule has 3 heteroatoms. The molecule has 0 spiro atoms. The molecule has 2 nitrogen and oxygen atoms in total. The van der Waals surface area contributed by atoms with Gasteiger partial charge in [0.15, 0.2) is 0 Å². The molecule has 1 unspecified atom stereocenters. The van der Waals surface area contributed by atoms with E-state index < -0.39 is 0 Å². The highest BCUT2D eigenvalue weighted by molar-refractivity contribution is 6.18. The first kappa shape index (κ1) is 7.10. The molecule has 0 aromatic rings.